The second-order valence-corrected chi connectivity index (χ2v) is 7.61. The van der Waals surface area contributed by atoms with Gasteiger partial charge in [-0.05, 0) is 37.6 Å². The predicted molar refractivity (Wildman–Crippen MR) is 110 cm³/mol. The molecule has 4 rings (SSSR count). The van der Waals surface area contributed by atoms with Gasteiger partial charge in [0.2, 0.25) is 5.91 Å². The number of nitrogens with zero attached hydrogens (tertiary/aromatic N) is 4. The summed E-state index contributed by atoms with van der Waals surface area (Å²) < 4.78 is 0. The highest BCUT2D eigenvalue weighted by Gasteiger charge is 2.25. The molecular formula is C20H23N5OS. The van der Waals surface area contributed by atoms with E-state index >= 15 is 0 Å². The lowest BCUT2D eigenvalue weighted by molar-refractivity contribution is -0.120. The van der Waals surface area contributed by atoms with Crippen molar-refractivity contribution in [1.29, 1.82) is 0 Å². The summed E-state index contributed by atoms with van der Waals surface area (Å²) in [6, 6.07) is 9.50. The average Bonchev–Trinajstić information content (AvgIpc) is 3.12. The van der Waals surface area contributed by atoms with Crippen molar-refractivity contribution in [3.8, 4) is 0 Å². The number of hydrogen-bond donors (Lipinski definition) is 1. The third-order valence-corrected chi connectivity index (χ3v) is 5.88. The maximum absolute atomic E-state index is 12.9. The van der Waals surface area contributed by atoms with Crippen molar-refractivity contribution in [3.05, 3.63) is 48.1 Å². The number of benzene rings is 1. The van der Waals surface area contributed by atoms with Crippen molar-refractivity contribution < 1.29 is 4.79 Å². The molecule has 1 aliphatic heterocycles. The Bertz CT molecular complexity index is 908. The molecule has 27 heavy (non-hydrogen) atoms. The molecule has 0 spiro atoms. The van der Waals surface area contributed by atoms with E-state index in [0.717, 1.165) is 54.3 Å². The van der Waals surface area contributed by atoms with Crippen LogP contribution in [-0.4, -0.2) is 53.0 Å². The molecule has 1 amide bonds. The summed E-state index contributed by atoms with van der Waals surface area (Å²) in [5, 5.41) is 7.13. The lowest BCUT2D eigenvalue weighted by atomic mass is 10.1. The Morgan fingerprint density at radius 1 is 1.11 bits per heavy atom. The number of nitrogens with one attached hydrogen (secondary N) is 1. The average molecular weight is 382 g/mol. The van der Waals surface area contributed by atoms with E-state index in [2.05, 4.69) is 25.1 Å². The smallest absolute Gasteiger partial charge is 0.241 e. The van der Waals surface area contributed by atoms with Crippen LogP contribution in [0.25, 0.3) is 10.9 Å². The summed E-state index contributed by atoms with van der Waals surface area (Å²) in [6.07, 6.45) is 4.63. The summed E-state index contributed by atoms with van der Waals surface area (Å²) in [4.78, 5) is 26.2. The number of aromatic nitrogens is 2. The maximum atomic E-state index is 12.9. The topological polar surface area (TPSA) is 61.4 Å². The van der Waals surface area contributed by atoms with Gasteiger partial charge in [-0.25, -0.2) is 4.98 Å². The summed E-state index contributed by atoms with van der Waals surface area (Å²) in [6.45, 7) is 5.62. The monoisotopic (exact) mass is 381 g/mol. The number of pyridine rings is 1. The van der Waals surface area contributed by atoms with Gasteiger partial charge in [0, 0.05) is 49.3 Å². The van der Waals surface area contributed by atoms with Crippen LogP contribution in [0, 0.1) is 0 Å². The van der Waals surface area contributed by atoms with E-state index in [-0.39, 0.29) is 11.9 Å². The molecule has 1 saturated heterocycles. The third-order valence-electron chi connectivity index (χ3n) is 5.05. The maximum Gasteiger partial charge on any atom is 0.241 e. The van der Waals surface area contributed by atoms with Gasteiger partial charge >= 0.3 is 0 Å². The molecule has 3 heterocycles. The number of amides is 1. The molecule has 1 atom stereocenters. The van der Waals surface area contributed by atoms with Gasteiger partial charge in [-0.1, -0.05) is 6.07 Å². The standard InChI is InChI=1S/C20H23N5OS/c1-15(24-10-4-11-25(13-12-24)20-22-9-14-27-20)19(26)23-18-7-2-6-17-16(18)5-3-8-21-17/h2-3,5-9,14-15H,4,10-13H2,1H3,(H,23,26). The predicted octanol–water partition coefficient (Wildman–Crippen LogP) is 3.23. The molecule has 3 aromatic rings. The SMILES string of the molecule is CC(C(=O)Nc1cccc2ncccc12)N1CCCN(c2nccs2)CC1. The molecule has 0 radical (unpaired) electrons. The Kier molecular flexibility index (Phi) is 5.31. The van der Waals surface area contributed by atoms with Crippen LogP contribution in [0.5, 0.6) is 0 Å². The van der Waals surface area contributed by atoms with Crippen molar-refractivity contribution in [2.45, 2.75) is 19.4 Å². The first-order valence-corrected chi connectivity index (χ1v) is 10.1. The molecule has 140 valence electrons. The van der Waals surface area contributed by atoms with Gasteiger partial charge in [-0.3, -0.25) is 14.7 Å². The zero-order valence-electron chi connectivity index (χ0n) is 15.3. The minimum atomic E-state index is -0.187. The van der Waals surface area contributed by atoms with Crippen LogP contribution in [0.4, 0.5) is 10.8 Å². The fraction of sp³-hybridized carbons (Fsp3) is 0.350. The largest absolute Gasteiger partial charge is 0.347 e. The molecule has 1 aliphatic rings. The number of carbonyl (C=O) groups is 1. The van der Waals surface area contributed by atoms with E-state index in [1.807, 2.05) is 48.8 Å². The van der Waals surface area contributed by atoms with Crippen LogP contribution < -0.4 is 10.2 Å². The van der Waals surface area contributed by atoms with Crippen LogP contribution >= 0.6 is 11.3 Å². The third kappa shape index (κ3) is 3.94. The van der Waals surface area contributed by atoms with Crippen LogP contribution in [0.15, 0.2) is 48.1 Å². The highest BCUT2D eigenvalue weighted by molar-refractivity contribution is 7.13. The normalized spacial score (nSPS) is 16.9. The second kappa shape index (κ2) is 8.02. The van der Waals surface area contributed by atoms with E-state index in [1.54, 1.807) is 17.5 Å². The molecule has 1 N–H and O–H groups in total. The number of fused-ring (bicyclic) bond motifs is 1. The van der Waals surface area contributed by atoms with Crippen LogP contribution in [0.3, 0.4) is 0 Å². The Morgan fingerprint density at radius 2 is 2.04 bits per heavy atom. The second-order valence-electron chi connectivity index (χ2n) is 6.73. The molecule has 6 nitrogen and oxygen atoms in total. The first-order valence-electron chi connectivity index (χ1n) is 9.25. The first-order chi connectivity index (χ1) is 13.2. The quantitative estimate of drug-likeness (QED) is 0.752. The molecule has 2 aromatic heterocycles. The summed E-state index contributed by atoms with van der Waals surface area (Å²) in [5.74, 6) is 0.0223. The van der Waals surface area contributed by atoms with Gasteiger partial charge in [0.25, 0.3) is 0 Å². The highest BCUT2D eigenvalue weighted by atomic mass is 32.1. The molecule has 7 heteroatoms. The Labute approximate surface area is 162 Å². The number of thiazole rings is 1. The fourth-order valence-corrected chi connectivity index (χ4v) is 4.20. The summed E-state index contributed by atoms with van der Waals surface area (Å²) >= 11 is 1.67. The van der Waals surface area contributed by atoms with Gasteiger partial charge in [0.05, 0.1) is 17.2 Å². The van der Waals surface area contributed by atoms with Gasteiger partial charge in [-0.2, -0.15) is 0 Å². The van der Waals surface area contributed by atoms with Crippen LogP contribution in [0.1, 0.15) is 13.3 Å². The zero-order valence-corrected chi connectivity index (χ0v) is 16.2. The van der Waals surface area contributed by atoms with E-state index in [0.29, 0.717) is 0 Å². The zero-order chi connectivity index (χ0) is 18.6. The highest BCUT2D eigenvalue weighted by Crippen LogP contribution is 2.23. The number of carbonyl (C=O) groups excluding carboxylic acids is 1. The van der Waals surface area contributed by atoms with Gasteiger partial charge in [0.15, 0.2) is 5.13 Å². The number of rotatable bonds is 4. The summed E-state index contributed by atoms with van der Waals surface area (Å²) in [7, 11) is 0. The van der Waals surface area contributed by atoms with Crippen molar-refractivity contribution in [3.63, 3.8) is 0 Å². The van der Waals surface area contributed by atoms with E-state index in [9.17, 15) is 4.79 Å². The molecule has 1 unspecified atom stereocenters. The van der Waals surface area contributed by atoms with E-state index in [4.69, 9.17) is 0 Å². The van der Waals surface area contributed by atoms with Gasteiger partial charge in [0.1, 0.15) is 0 Å². The minimum absolute atomic E-state index is 0.0223. The first kappa shape index (κ1) is 17.9. The molecular weight excluding hydrogens is 358 g/mol. The minimum Gasteiger partial charge on any atom is -0.347 e. The molecule has 1 aromatic carbocycles. The molecule has 0 aliphatic carbocycles. The molecule has 0 bridgehead atoms. The van der Waals surface area contributed by atoms with Gasteiger partial charge < -0.3 is 10.2 Å². The van der Waals surface area contributed by atoms with E-state index in [1.165, 1.54) is 0 Å². The fourth-order valence-electron chi connectivity index (χ4n) is 3.50. The lowest BCUT2D eigenvalue weighted by Crippen LogP contribution is -2.44. The number of anilines is 2. The van der Waals surface area contributed by atoms with Crippen molar-refractivity contribution in [2.24, 2.45) is 0 Å². The van der Waals surface area contributed by atoms with Crippen molar-refractivity contribution >= 4 is 39.0 Å². The van der Waals surface area contributed by atoms with E-state index < -0.39 is 0 Å². The van der Waals surface area contributed by atoms with Crippen molar-refractivity contribution in [2.75, 3.05) is 36.4 Å². The molecule has 1 fully saturated rings. The van der Waals surface area contributed by atoms with Crippen molar-refractivity contribution in [1.82, 2.24) is 14.9 Å². The lowest BCUT2D eigenvalue weighted by Gasteiger charge is -2.27. The Hall–Kier alpha value is -2.51. The number of hydrogen-bond acceptors (Lipinski definition) is 6. The Morgan fingerprint density at radius 3 is 2.89 bits per heavy atom. The van der Waals surface area contributed by atoms with Crippen LogP contribution in [0.2, 0.25) is 0 Å². The van der Waals surface area contributed by atoms with Crippen LogP contribution in [-0.2, 0) is 4.79 Å². The summed E-state index contributed by atoms with van der Waals surface area (Å²) in [5.41, 5.74) is 1.70. The Balaban J connectivity index is 1.43. The van der Waals surface area contributed by atoms with Gasteiger partial charge in [-0.15, -0.1) is 11.3 Å². The molecule has 0 saturated carbocycles.